The Morgan fingerprint density at radius 2 is 2.11 bits per heavy atom. The molecule has 1 fully saturated rings. The van der Waals surface area contributed by atoms with Crippen molar-refractivity contribution < 1.29 is 24.2 Å². The highest BCUT2D eigenvalue weighted by Crippen LogP contribution is 2.37. The summed E-state index contributed by atoms with van der Waals surface area (Å²) in [4.78, 5) is 24.2. The average molecular weight is 249 g/mol. The van der Waals surface area contributed by atoms with Crippen molar-refractivity contribution in [1.82, 2.24) is 0 Å². The van der Waals surface area contributed by atoms with Crippen LogP contribution in [0.3, 0.4) is 0 Å². The SMILES string of the molecule is O=C(O)C1CCC(=O)N1c1ccc2c(c1)OCO2. The molecule has 1 unspecified atom stereocenters. The molecule has 2 aliphatic heterocycles. The summed E-state index contributed by atoms with van der Waals surface area (Å²) in [6, 6.07) is 4.20. The average Bonchev–Trinajstić information content (AvgIpc) is 2.93. The summed E-state index contributed by atoms with van der Waals surface area (Å²) in [5.41, 5.74) is 0.536. The van der Waals surface area contributed by atoms with Gasteiger partial charge >= 0.3 is 5.97 Å². The maximum atomic E-state index is 11.8. The molecule has 94 valence electrons. The van der Waals surface area contributed by atoms with Gasteiger partial charge in [0.15, 0.2) is 11.5 Å². The predicted octanol–water partition coefficient (Wildman–Crippen LogP) is 0.995. The smallest absolute Gasteiger partial charge is 0.326 e. The largest absolute Gasteiger partial charge is 0.480 e. The van der Waals surface area contributed by atoms with Gasteiger partial charge in [-0.1, -0.05) is 0 Å². The Labute approximate surface area is 103 Å². The maximum Gasteiger partial charge on any atom is 0.326 e. The molecule has 1 saturated heterocycles. The number of anilines is 1. The number of amides is 1. The Balaban J connectivity index is 1.98. The standard InChI is InChI=1S/C12H11NO5/c14-11-4-2-8(12(15)16)13(11)7-1-3-9-10(5-7)18-6-17-9/h1,3,5,8H,2,4,6H2,(H,15,16). The third-order valence-electron chi connectivity index (χ3n) is 3.13. The van der Waals surface area contributed by atoms with E-state index in [1.807, 2.05) is 0 Å². The molecule has 0 bridgehead atoms. The second-order valence-corrected chi connectivity index (χ2v) is 4.19. The van der Waals surface area contributed by atoms with E-state index in [0.717, 1.165) is 0 Å². The van der Waals surface area contributed by atoms with Gasteiger partial charge in [-0.05, 0) is 18.6 Å². The van der Waals surface area contributed by atoms with E-state index in [9.17, 15) is 9.59 Å². The minimum atomic E-state index is -0.987. The molecule has 0 aliphatic carbocycles. The predicted molar refractivity (Wildman–Crippen MR) is 60.7 cm³/mol. The summed E-state index contributed by atoms with van der Waals surface area (Å²) in [6.45, 7) is 0.148. The van der Waals surface area contributed by atoms with Crippen molar-refractivity contribution in [2.75, 3.05) is 11.7 Å². The number of carbonyl (C=O) groups excluding carboxylic acids is 1. The van der Waals surface area contributed by atoms with Gasteiger partial charge in [-0.25, -0.2) is 4.79 Å². The van der Waals surface area contributed by atoms with E-state index < -0.39 is 12.0 Å². The molecule has 0 radical (unpaired) electrons. The summed E-state index contributed by atoms with van der Waals surface area (Å²) in [5.74, 6) is -0.0200. The van der Waals surface area contributed by atoms with Crippen LogP contribution in [0.2, 0.25) is 0 Å². The van der Waals surface area contributed by atoms with E-state index in [4.69, 9.17) is 14.6 Å². The van der Waals surface area contributed by atoms with Gasteiger partial charge in [-0.3, -0.25) is 9.69 Å². The molecule has 1 aromatic rings. The zero-order valence-corrected chi connectivity index (χ0v) is 9.46. The minimum absolute atomic E-state index is 0.148. The summed E-state index contributed by atoms with van der Waals surface area (Å²) >= 11 is 0. The first-order valence-corrected chi connectivity index (χ1v) is 5.61. The highest BCUT2D eigenvalue weighted by molar-refractivity contribution is 6.02. The molecule has 1 N–H and O–H groups in total. The Hall–Kier alpha value is -2.24. The van der Waals surface area contributed by atoms with E-state index in [2.05, 4.69) is 0 Å². The molecule has 2 heterocycles. The zero-order chi connectivity index (χ0) is 12.7. The Kier molecular flexibility index (Phi) is 2.36. The van der Waals surface area contributed by atoms with Crippen LogP contribution in [-0.4, -0.2) is 29.8 Å². The number of benzene rings is 1. The van der Waals surface area contributed by atoms with Gasteiger partial charge in [0.2, 0.25) is 12.7 Å². The molecule has 1 atom stereocenters. The number of carboxylic acid groups (broad SMARTS) is 1. The second kappa shape index (κ2) is 3.90. The summed E-state index contributed by atoms with van der Waals surface area (Å²) in [6.07, 6.45) is 0.591. The van der Waals surface area contributed by atoms with Crippen molar-refractivity contribution in [1.29, 1.82) is 0 Å². The summed E-state index contributed by atoms with van der Waals surface area (Å²) < 4.78 is 10.4. The van der Waals surface area contributed by atoms with Crippen molar-refractivity contribution in [3.8, 4) is 11.5 Å². The molecule has 6 heteroatoms. The van der Waals surface area contributed by atoms with E-state index in [1.54, 1.807) is 18.2 Å². The number of hydrogen-bond acceptors (Lipinski definition) is 4. The van der Waals surface area contributed by atoms with Crippen LogP contribution < -0.4 is 14.4 Å². The van der Waals surface area contributed by atoms with E-state index >= 15 is 0 Å². The Bertz CT molecular complexity index is 527. The molecule has 0 saturated carbocycles. The van der Waals surface area contributed by atoms with E-state index in [0.29, 0.717) is 23.6 Å². The first-order valence-electron chi connectivity index (χ1n) is 5.61. The number of carbonyl (C=O) groups is 2. The van der Waals surface area contributed by atoms with Crippen molar-refractivity contribution in [3.05, 3.63) is 18.2 Å². The Morgan fingerprint density at radius 1 is 1.33 bits per heavy atom. The second-order valence-electron chi connectivity index (χ2n) is 4.19. The van der Waals surface area contributed by atoms with Crippen molar-refractivity contribution in [2.45, 2.75) is 18.9 Å². The molecule has 3 rings (SSSR count). The molecule has 2 aliphatic rings. The highest BCUT2D eigenvalue weighted by atomic mass is 16.7. The zero-order valence-electron chi connectivity index (χ0n) is 9.46. The number of fused-ring (bicyclic) bond motifs is 1. The van der Waals surface area contributed by atoms with Crippen LogP contribution in [0, 0.1) is 0 Å². The molecule has 1 aromatic carbocycles. The number of hydrogen-bond donors (Lipinski definition) is 1. The monoisotopic (exact) mass is 249 g/mol. The normalized spacial score (nSPS) is 21.4. The van der Waals surface area contributed by atoms with Crippen LogP contribution in [-0.2, 0) is 9.59 Å². The van der Waals surface area contributed by atoms with Crippen LogP contribution >= 0.6 is 0 Å². The first-order chi connectivity index (χ1) is 8.66. The van der Waals surface area contributed by atoms with E-state index in [-0.39, 0.29) is 19.1 Å². The fraction of sp³-hybridized carbons (Fsp3) is 0.333. The molecule has 18 heavy (non-hydrogen) atoms. The van der Waals surface area contributed by atoms with E-state index in [1.165, 1.54) is 4.90 Å². The molecule has 1 amide bonds. The van der Waals surface area contributed by atoms with Gasteiger partial charge in [-0.15, -0.1) is 0 Å². The topological polar surface area (TPSA) is 76.1 Å². The fourth-order valence-corrected chi connectivity index (χ4v) is 2.28. The number of nitrogens with zero attached hydrogens (tertiary/aromatic N) is 1. The number of ether oxygens (including phenoxy) is 2. The quantitative estimate of drug-likeness (QED) is 0.846. The van der Waals surface area contributed by atoms with Crippen LogP contribution in [0.4, 0.5) is 5.69 Å². The number of aliphatic carboxylic acids is 1. The van der Waals surface area contributed by atoms with Gasteiger partial charge in [0.25, 0.3) is 0 Å². The van der Waals surface area contributed by atoms with Gasteiger partial charge in [0.1, 0.15) is 6.04 Å². The number of rotatable bonds is 2. The lowest BCUT2D eigenvalue weighted by Crippen LogP contribution is -2.38. The molecule has 6 nitrogen and oxygen atoms in total. The highest BCUT2D eigenvalue weighted by Gasteiger charge is 2.37. The third-order valence-corrected chi connectivity index (χ3v) is 3.13. The summed E-state index contributed by atoms with van der Waals surface area (Å²) in [5, 5.41) is 9.11. The third kappa shape index (κ3) is 1.57. The number of carboxylic acids is 1. The first kappa shape index (κ1) is 10.9. The lowest BCUT2D eigenvalue weighted by Gasteiger charge is -2.21. The van der Waals surface area contributed by atoms with Gasteiger partial charge in [-0.2, -0.15) is 0 Å². The van der Waals surface area contributed by atoms with Gasteiger partial charge in [0.05, 0.1) is 0 Å². The Morgan fingerprint density at radius 3 is 2.89 bits per heavy atom. The molecular formula is C12H11NO5. The van der Waals surface area contributed by atoms with Crippen molar-refractivity contribution >= 4 is 17.6 Å². The minimum Gasteiger partial charge on any atom is -0.480 e. The van der Waals surface area contributed by atoms with Crippen LogP contribution in [0.25, 0.3) is 0 Å². The fourth-order valence-electron chi connectivity index (χ4n) is 2.28. The maximum absolute atomic E-state index is 11.8. The molecule has 0 aromatic heterocycles. The van der Waals surface area contributed by atoms with Crippen LogP contribution in [0.5, 0.6) is 11.5 Å². The molecule has 0 spiro atoms. The lowest BCUT2D eigenvalue weighted by atomic mass is 10.2. The van der Waals surface area contributed by atoms with Gasteiger partial charge < -0.3 is 14.6 Å². The van der Waals surface area contributed by atoms with Crippen molar-refractivity contribution in [3.63, 3.8) is 0 Å². The summed E-state index contributed by atoms with van der Waals surface area (Å²) in [7, 11) is 0. The molecular weight excluding hydrogens is 238 g/mol. The van der Waals surface area contributed by atoms with Crippen molar-refractivity contribution in [2.24, 2.45) is 0 Å². The van der Waals surface area contributed by atoms with Crippen LogP contribution in [0.15, 0.2) is 18.2 Å². The lowest BCUT2D eigenvalue weighted by molar-refractivity contribution is -0.138. The van der Waals surface area contributed by atoms with Gasteiger partial charge in [0, 0.05) is 18.2 Å². The van der Waals surface area contributed by atoms with Crippen LogP contribution in [0.1, 0.15) is 12.8 Å².